The van der Waals surface area contributed by atoms with Gasteiger partial charge in [-0.05, 0) is 23.8 Å². The van der Waals surface area contributed by atoms with E-state index in [9.17, 15) is 9.90 Å². The topological polar surface area (TPSA) is 69.9 Å². The van der Waals surface area contributed by atoms with Crippen LogP contribution in [-0.4, -0.2) is 22.4 Å². The van der Waals surface area contributed by atoms with E-state index in [2.05, 4.69) is 20.9 Å². The number of aliphatic imine (C=N–C) groups is 1. The smallest absolute Gasteiger partial charge is 0.305 e. The third kappa shape index (κ3) is 4.43. The van der Waals surface area contributed by atoms with Crippen LogP contribution in [0.1, 0.15) is 23.6 Å². The SMILES string of the molecule is O=C(O)C[C@@H](N=Cc1cc(Br)ccc1O)c1ccccc1. The standard InChI is InChI=1S/C16H14BrNO3/c17-13-6-7-15(19)12(8-13)10-18-14(9-16(20)21)11-4-2-1-3-5-11/h1-8,10,14,19H,9H2,(H,20,21)/t14-/m1/s1. The fourth-order valence-corrected chi connectivity index (χ4v) is 2.28. The number of phenols is 1. The largest absolute Gasteiger partial charge is 0.507 e. The van der Waals surface area contributed by atoms with E-state index in [-0.39, 0.29) is 12.2 Å². The quantitative estimate of drug-likeness (QED) is 0.808. The summed E-state index contributed by atoms with van der Waals surface area (Å²) in [4.78, 5) is 15.3. The second-order valence-electron chi connectivity index (χ2n) is 4.51. The lowest BCUT2D eigenvalue weighted by Crippen LogP contribution is -2.04. The highest BCUT2D eigenvalue weighted by Gasteiger charge is 2.13. The third-order valence-electron chi connectivity index (χ3n) is 2.94. The van der Waals surface area contributed by atoms with Gasteiger partial charge in [0.1, 0.15) is 5.75 Å². The second-order valence-corrected chi connectivity index (χ2v) is 5.42. The fourth-order valence-electron chi connectivity index (χ4n) is 1.90. The highest BCUT2D eigenvalue weighted by molar-refractivity contribution is 9.10. The monoisotopic (exact) mass is 347 g/mol. The zero-order valence-corrected chi connectivity index (χ0v) is 12.7. The molecule has 0 saturated heterocycles. The van der Waals surface area contributed by atoms with E-state index in [4.69, 9.17) is 5.11 Å². The third-order valence-corrected chi connectivity index (χ3v) is 3.43. The Balaban J connectivity index is 2.28. The molecule has 0 aliphatic carbocycles. The van der Waals surface area contributed by atoms with Gasteiger partial charge in [-0.2, -0.15) is 0 Å². The zero-order chi connectivity index (χ0) is 15.2. The molecule has 0 spiro atoms. The van der Waals surface area contributed by atoms with Crippen molar-refractivity contribution < 1.29 is 15.0 Å². The molecule has 2 aromatic carbocycles. The van der Waals surface area contributed by atoms with E-state index < -0.39 is 12.0 Å². The summed E-state index contributed by atoms with van der Waals surface area (Å²) in [5.74, 6) is -0.816. The molecule has 0 unspecified atom stereocenters. The molecule has 0 saturated carbocycles. The molecule has 0 radical (unpaired) electrons. The lowest BCUT2D eigenvalue weighted by Gasteiger charge is -2.10. The summed E-state index contributed by atoms with van der Waals surface area (Å²) in [7, 11) is 0. The molecule has 2 rings (SSSR count). The summed E-state index contributed by atoms with van der Waals surface area (Å²) in [5.41, 5.74) is 1.36. The Kier molecular flexibility index (Phi) is 5.11. The van der Waals surface area contributed by atoms with Crippen molar-refractivity contribution in [3.63, 3.8) is 0 Å². The van der Waals surface area contributed by atoms with Gasteiger partial charge in [0, 0.05) is 16.3 Å². The molecule has 0 aliphatic heterocycles. The van der Waals surface area contributed by atoms with Crippen molar-refractivity contribution >= 4 is 28.1 Å². The van der Waals surface area contributed by atoms with Crippen LogP contribution in [0, 0.1) is 0 Å². The maximum atomic E-state index is 11.0. The number of nitrogens with zero attached hydrogens (tertiary/aromatic N) is 1. The van der Waals surface area contributed by atoms with Crippen LogP contribution in [-0.2, 0) is 4.79 Å². The van der Waals surface area contributed by atoms with E-state index in [0.29, 0.717) is 5.56 Å². The molecule has 2 N–H and O–H groups in total. The number of hydrogen-bond acceptors (Lipinski definition) is 3. The first-order chi connectivity index (χ1) is 10.1. The summed E-state index contributed by atoms with van der Waals surface area (Å²) in [5, 5.41) is 18.8. The van der Waals surface area contributed by atoms with Crippen LogP contribution in [0.25, 0.3) is 0 Å². The minimum absolute atomic E-state index is 0.101. The molecular formula is C16H14BrNO3. The molecule has 108 valence electrons. The number of benzene rings is 2. The number of rotatable bonds is 5. The molecule has 4 nitrogen and oxygen atoms in total. The van der Waals surface area contributed by atoms with Crippen molar-refractivity contribution in [2.75, 3.05) is 0 Å². The maximum absolute atomic E-state index is 11.0. The van der Waals surface area contributed by atoms with Gasteiger partial charge >= 0.3 is 5.97 Å². The van der Waals surface area contributed by atoms with Crippen molar-refractivity contribution in [3.8, 4) is 5.75 Å². The van der Waals surface area contributed by atoms with Gasteiger partial charge in [0.05, 0.1) is 12.5 Å². The Morgan fingerprint density at radius 3 is 2.62 bits per heavy atom. The van der Waals surface area contributed by atoms with Gasteiger partial charge in [-0.1, -0.05) is 46.3 Å². The lowest BCUT2D eigenvalue weighted by molar-refractivity contribution is -0.137. The number of aromatic hydroxyl groups is 1. The number of hydrogen-bond donors (Lipinski definition) is 2. The van der Waals surface area contributed by atoms with Gasteiger partial charge in [0.15, 0.2) is 0 Å². The average molecular weight is 348 g/mol. The Morgan fingerprint density at radius 2 is 1.95 bits per heavy atom. The Hall–Kier alpha value is -2.14. The molecule has 0 aromatic heterocycles. The lowest BCUT2D eigenvalue weighted by atomic mass is 10.0. The minimum atomic E-state index is -0.917. The first-order valence-corrected chi connectivity index (χ1v) is 7.14. The van der Waals surface area contributed by atoms with E-state index in [1.807, 2.05) is 30.3 Å². The molecular weight excluding hydrogens is 334 g/mol. The summed E-state index contributed by atoms with van der Waals surface area (Å²) in [6.07, 6.45) is 1.40. The molecule has 0 bridgehead atoms. The van der Waals surface area contributed by atoms with E-state index in [1.54, 1.807) is 18.2 Å². The zero-order valence-electron chi connectivity index (χ0n) is 11.1. The Bertz CT molecular complexity index is 656. The van der Waals surface area contributed by atoms with E-state index in [1.165, 1.54) is 6.21 Å². The summed E-state index contributed by atoms with van der Waals surface area (Å²) in [6.45, 7) is 0. The molecule has 0 amide bonds. The Morgan fingerprint density at radius 1 is 1.24 bits per heavy atom. The summed E-state index contributed by atoms with van der Waals surface area (Å²) in [6, 6.07) is 13.7. The highest BCUT2D eigenvalue weighted by Crippen LogP contribution is 2.24. The normalized spacial score (nSPS) is 12.4. The minimum Gasteiger partial charge on any atom is -0.507 e. The summed E-state index contributed by atoms with van der Waals surface area (Å²) < 4.78 is 0.816. The van der Waals surface area contributed by atoms with Crippen molar-refractivity contribution in [2.24, 2.45) is 4.99 Å². The van der Waals surface area contributed by atoms with Crippen LogP contribution in [0.15, 0.2) is 58.0 Å². The second kappa shape index (κ2) is 7.04. The first kappa shape index (κ1) is 15.3. The molecule has 0 aliphatic rings. The van der Waals surface area contributed by atoms with Crippen molar-refractivity contribution in [3.05, 3.63) is 64.1 Å². The van der Waals surface area contributed by atoms with Crippen molar-refractivity contribution in [1.82, 2.24) is 0 Å². The molecule has 2 aromatic rings. The number of carboxylic acids is 1. The Labute approximate surface area is 130 Å². The maximum Gasteiger partial charge on any atom is 0.305 e. The molecule has 21 heavy (non-hydrogen) atoms. The fraction of sp³-hybridized carbons (Fsp3) is 0.125. The van der Waals surface area contributed by atoms with Gasteiger partial charge in [-0.25, -0.2) is 0 Å². The average Bonchev–Trinajstić information content (AvgIpc) is 2.47. The summed E-state index contributed by atoms with van der Waals surface area (Å²) >= 11 is 3.32. The van der Waals surface area contributed by atoms with Crippen LogP contribution < -0.4 is 0 Å². The molecule has 0 heterocycles. The first-order valence-electron chi connectivity index (χ1n) is 6.34. The van der Waals surface area contributed by atoms with Gasteiger partial charge in [-0.15, -0.1) is 0 Å². The van der Waals surface area contributed by atoms with Gasteiger partial charge in [-0.3, -0.25) is 9.79 Å². The van der Waals surface area contributed by atoms with Crippen LogP contribution >= 0.6 is 15.9 Å². The predicted octanol–water partition coefficient (Wildman–Crippen LogP) is 3.79. The number of carboxylic acid groups (broad SMARTS) is 1. The van der Waals surface area contributed by atoms with Gasteiger partial charge in [0.2, 0.25) is 0 Å². The number of halogens is 1. The van der Waals surface area contributed by atoms with E-state index >= 15 is 0 Å². The van der Waals surface area contributed by atoms with Crippen LogP contribution in [0.5, 0.6) is 5.75 Å². The van der Waals surface area contributed by atoms with Crippen molar-refractivity contribution in [2.45, 2.75) is 12.5 Å². The predicted molar refractivity (Wildman–Crippen MR) is 84.8 cm³/mol. The molecule has 0 fully saturated rings. The number of carbonyl (C=O) groups is 1. The number of phenolic OH excluding ortho intramolecular Hbond substituents is 1. The van der Waals surface area contributed by atoms with Gasteiger partial charge in [0.25, 0.3) is 0 Å². The highest BCUT2D eigenvalue weighted by atomic mass is 79.9. The van der Waals surface area contributed by atoms with E-state index in [0.717, 1.165) is 10.0 Å². The van der Waals surface area contributed by atoms with Gasteiger partial charge < -0.3 is 10.2 Å². The van der Waals surface area contributed by atoms with Crippen LogP contribution in [0.4, 0.5) is 0 Å². The number of aliphatic carboxylic acids is 1. The molecule has 1 atom stereocenters. The van der Waals surface area contributed by atoms with Crippen molar-refractivity contribution in [1.29, 1.82) is 0 Å². The van der Waals surface area contributed by atoms with Crippen LogP contribution in [0.3, 0.4) is 0 Å². The molecule has 5 heteroatoms. The van der Waals surface area contributed by atoms with Crippen LogP contribution in [0.2, 0.25) is 0 Å².